The zero-order valence-electron chi connectivity index (χ0n) is 16.5. The van der Waals surface area contributed by atoms with Gasteiger partial charge in [0, 0.05) is 12.5 Å². The van der Waals surface area contributed by atoms with Crippen LogP contribution in [0.1, 0.15) is 48.2 Å². The lowest BCUT2D eigenvalue weighted by atomic mass is 9.92. The average Bonchev–Trinajstić information content (AvgIpc) is 2.63. The van der Waals surface area contributed by atoms with Gasteiger partial charge in [0.25, 0.3) is 0 Å². The van der Waals surface area contributed by atoms with Crippen LogP contribution < -0.4 is 4.74 Å². The number of carbonyl (C=O) groups excluding carboxylic acids is 3. The highest BCUT2D eigenvalue weighted by molar-refractivity contribution is 9.10. The number of hydrogen-bond acceptors (Lipinski definition) is 6. The number of phenolic OH excluding ortho intramolecular Hbond substituents is 1. The van der Waals surface area contributed by atoms with E-state index in [0.29, 0.717) is 29.5 Å². The molecular weight excluding hydrogens is 428 g/mol. The van der Waals surface area contributed by atoms with E-state index in [1.165, 1.54) is 19.3 Å². The maximum absolute atomic E-state index is 12.8. The Hall–Kier alpha value is -2.41. The lowest BCUT2D eigenvalue weighted by molar-refractivity contribution is -0.137. The van der Waals surface area contributed by atoms with Crippen LogP contribution >= 0.6 is 15.9 Å². The molecule has 0 saturated heterocycles. The summed E-state index contributed by atoms with van der Waals surface area (Å²) in [4.78, 5) is 36.9. The van der Waals surface area contributed by atoms with E-state index in [-0.39, 0.29) is 38.9 Å². The van der Waals surface area contributed by atoms with E-state index in [0.717, 1.165) is 0 Å². The lowest BCUT2D eigenvalue weighted by Crippen LogP contribution is -2.27. The Morgan fingerprint density at radius 1 is 1.18 bits per heavy atom. The molecule has 1 aromatic rings. The highest BCUT2D eigenvalue weighted by atomic mass is 79.9. The first kappa shape index (κ1) is 21.9. The molecule has 1 atom stereocenters. The third-order valence-corrected chi connectivity index (χ3v) is 5.48. The van der Waals surface area contributed by atoms with Crippen molar-refractivity contribution in [2.75, 3.05) is 7.11 Å². The van der Waals surface area contributed by atoms with Crippen LogP contribution in [0.4, 0.5) is 0 Å². The van der Waals surface area contributed by atoms with Crippen molar-refractivity contribution in [3.8, 4) is 11.5 Å². The number of carbonyl (C=O) groups is 3. The summed E-state index contributed by atoms with van der Waals surface area (Å²) in [6.07, 6.45) is 3.56. The topological polar surface area (TPSA) is 89.9 Å². The van der Waals surface area contributed by atoms with Gasteiger partial charge < -0.3 is 14.6 Å². The van der Waals surface area contributed by atoms with Gasteiger partial charge in [0.1, 0.15) is 21.9 Å². The summed E-state index contributed by atoms with van der Waals surface area (Å²) in [5, 5.41) is 10.5. The molecule has 1 aromatic carbocycles. The van der Waals surface area contributed by atoms with Crippen LogP contribution in [0.15, 0.2) is 28.0 Å². The molecule has 28 heavy (non-hydrogen) atoms. The smallest absolute Gasteiger partial charge is 0.326 e. The quantitative estimate of drug-likeness (QED) is 0.393. The van der Waals surface area contributed by atoms with Gasteiger partial charge in [-0.25, -0.2) is 0 Å². The summed E-state index contributed by atoms with van der Waals surface area (Å²) >= 11 is 3.25. The Morgan fingerprint density at radius 2 is 1.82 bits per heavy atom. The number of esters is 1. The van der Waals surface area contributed by atoms with Crippen molar-refractivity contribution in [3.63, 3.8) is 0 Å². The summed E-state index contributed by atoms with van der Waals surface area (Å²) in [7, 11) is 1.38. The van der Waals surface area contributed by atoms with Gasteiger partial charge in [0.2, 0.25) is 0 Å². The van der Waals surface area contributed by atoms with Gasteiger partial charge in [0.15, 0.2) is 17.3 Å². The Morgan fingerprint density at radius 3 is 2.39 bits per heavy atom. The second kappa shape index (κ2) is 8.73. The zero-order valence-corrected chi connectivity index (χ0v) is 18.1. The Balaban J connectivity index is 2.46. The van der Waals surface area contributed by atoms with E-state index >= 15 is 0 Å². The SMILES string of the molecule is CCCC(=O)c1c(C)c(C)c(OC(=O)C2C(C)=CC(=O)C=C2OC)c(Br)c1O. The third kappa shape index (κ3) is 4.04. The van der Waals surface area contributed by atoms with Crippen LogP contribution in [0.2, 0.25) is 0 Å². The van der Waals surface area contributed by atoms with Crippen LogP contribution in [0, 0.1) is 19.8 Å². The molecule has 7 heteroatoms. The van der Waals surface area contributed by atoms with Gasteiger partial charge in [0.05, 0.1) is 12.7 Å². The molecule has 0 saturated carbocycles. The van der Waals surface area contributed by atoms with Crippen molar-refractivity contribution in [1.82, 2.24) is 0 Å². The second-order valence-corrected chi connectivity index (χ2v) is 7.48. The minimum Gasteiger partial charge on any atom is -0.506 e. The number of ketones is 2. The number of methoxy groups -OCH3 is 1. The minimum absolute atomic E-state index is 0.133. The highest BCUT2D eigenvalue weighted by Crippen LogP contribution is 2.43. The second-order valence-electron chi connectivity index (χ2n) is 6.69. The number of allylic oxidation sites excluding steroid dienone is 2. The molecule has 0 aliphatic heterocycles. The lowest BCUT2D eigenvalue weighted by Gasteiger charge is -2.23. The molecule has 1 aliphatic carbocycles. The third-order valence-electron chi connectivity index (χ3n) is 4.75. The van der Waals surface area contributed by atoms with E-state index in [4.69, 9.17) is 9.47 Å². The van der Waals surface area contributed by atoms with Crippen LogP contribution in [-0.4, -0.2) is 29.8 Å². The molecule has 0 spiro atoms. The summed E-state index contributed by atoms with van der Waals surface area (Å²) in [6.45, 7) is 6.94. The molecule has 2 rings (SSSR count). The number of ether oxygens (including phenoxy) is 2. The first-order valence-corrected chi connectivity index (χ1v) is 9.67. The molecule has 1 aliphatic rings. The summed E-state index contributed by atoms with van der Waals surface area (Å²) in [6, 6.07) is 0. The fourth-order valence-corrected chi connectivity index (χ4v) is 3.74. The zero-order chi connectivity index (χ0) is 21.2. The van der Waals surface area contributed by atoms with E-state index < -0.39 is 11.9 Å². The van der Waals surface area contributed by atoms with Gasteiger partial charge in [-0.2, -0.15) is 0 Å². The van der Waals surface area contributed by atoms with Gasteiger partial charge in [-0.15, -0.1) is 0 Å². The molecule has 6 nitrogen and oxygen atoms in total. The Bertz CT molecular complexity index is 881. The predicted molar refractivity (Wildman–Crippen MR) is 108 cm³/mol. The van der Waals surface area contributed by atoms with E-state index in [1.807, 2.05) is 6.92 Å². The normalized spacial score (nSPS) is 16.4. The van der Waals surface area contributed by atoms with Crippen LogP contribution in [0.25, 0.3) is 0 Å². The molecule has 0 amide bonds. The Kier molecular flexibility index (Phi) is 6.82. The number of phenols is 1. The van der Waals surface area contributed by atoms with Crippen LogP contribution in [-0.2, 0) is 14.3 Å². The van der Waals surface area contributed by atoms with Crippen molar-refractivity contribution < 1.29 is 29.0 Å². The molecule has 0 bridgehead atoms. The molecule has 1 unspecified atom stereocenters. The number of halogens is 1. The summed E-state index contributed by atoms with van der Waals surface area (Å²) in [5.41, 5.74) is 1.84. The minimum atomic E-state index is -0.863. The fraction of sp³-hybridized carbons (Fsp3) is 0.381. The average molecular weight is 451 g/mol. The number of benzene rings is 1. The van der Waals surface area contributed by atoms with Crippen molar-refractivity contribution in [1.29, 1.82) is 0 Å². The van der Waals surface area contributed by atoms with Gasteiger partial charge in [-0.1, -0.05) is 6.92 Å². The molecule has 0 heterocycles. The van der Waals surface area contributed by atoms with Crippen LogP contribution in [0.5, 0.6) is 11.5 Å². The van der Waals surface area contributed by atoms with Gasteiger partial charge >= 0.3 is 5.97 Å². The fourth-order valence-electron chi connectivity index (χ4n) is 3.17. The van der Waals surface area contributed by atoms with E-state index in [2.05, 4.69) is 15.9 Å². The van der Waals surface area contributed by atoms with E-state index in [1.54, 1.807) is 20.8 Å². The highest BCUT2D eigenvalue weighted by Gasteiger charge is 2.33. The maximum Gasteiger partial charge on any atom is 0.326 e. The van der Waals surface area contributed by atoms with Crippen molar-refractivity contribution in [2.45, 2.75) is 40.5 Å². The number of Topliss-reactive ketones (excluding diaryl/α,β-unsaturated/α-hetero) is 1. The molecule has 150 valence electrons. The molecule has 1 N–H and O–H groups in total. The van der Waals surface area contributed by atoms with E-state index in [9.17, 15) is 19.5 Å². The first-order valence-electron chi connectivity index (χ1n) is 8.88. The largest absolute Gasteiger partial charge is 0.506 e. The molecule has 0 aromatic heterocycles. The molecular formula is C21H23BrO6. The molecule has 0 radical (unpaired) electrons. The Labute approximate surface area is 172 Å². The molecule has 0 fully saturated rings. The van der Waals surface area contributed by atoms with Crippen molar-refractivity contribution >= 4 is 33.5 Å². The number of aromatic hydroxyl groups is 1. The monoisotopic (exact) mass is 450 g/mol. The van der Waals surface area contributed by atoms with Gasteiger partial charge in [-0.3, -0.25) is 14.4 Å². The first-order chi connectivity index (χ1) is 13.1. The predicted octanol–water partition coefficient (Wildman–Crippen LogP) is 4.34. The maximum atomic E-state index is 12.8. The van der Waals surface area contributed by atoms with Crippen molar-refractivity contribution in [2.24, 2.45) is 5.92 Å². The van der Waals surface area contributed by atoms with Gasteiger partial charge in [-0.05, 0) is 65.9 Å². The summed E-state index contributed by atoms with van der Waals surface area (Å²) < 4.78 is 10.9. The number of rotatable bonds is 6. The van der Waals surface area contributed by atoms with Crippen molar-refractivity contribution in [3.05, 3.63) is 44.6 Å². The summed E-state index contributed by atoms with van der Waals surface area (Å²) in [5.74, 6) is -1.87. The van der Waals surface area contributed by atoms with Crippen LogP contribution in [0.3, 0.4) is 0 Å². The standard InChI is InChI=1S/C21H23BrO6/c1-6-7-14(24)17-11(3)12(4)20(18(22)19(17)25)28-21(26)16-10(2)8-13(23)9-15(16)27-5/h8-9,16,25H,6-7H2,1-5H3. The number of hydrogen-bond donors (Lipinski definition) is 1.